The molecule has 2 unspecified atom stereocenters. The SMILES string of the molecule is NC(CO)(CO)CO.O=C(O)C(O)C(O)C(=O)O. The van der Waals surface area contributed by atoms with Gasteiger partial charge in [0.05, 0.1) is 25.4 Å². The summed E-state index contributed by atoms with van der Waals surface area (Å²) in [5.41, 5.74) is 3.94. The molecule has 0 aromatic rings. The lowest BCUT2D eigenvalue weighted by Gasteiger charge is -2.20. The molecular weight excluding hydrogens is 254 g/mol. The molecule has 0 saturated heterocycles. The van der Waals surface area contributed by atoms with E-state index >= 15 is 0 Å². The van der Waals surface area contributed by atoms with Crippen LogP contribution in [-0.4, -0.2) is 85.3 Å². The zero-order valence-electron chi connectivity index (χ0n) is 9.30. The monoisotopic (exact) mass is 271 g/mol. The molecule has 0 saturated carbocycles. The first-order chi connectivity index (χ1) is 8.15. The highest BCUT2D eigenvalue weighted by molar-refractivity contribution is 5.83. The second kappa shape index (κ2) is 8.74. The minimum absolute atomic E-state index is 0.403. The largest absolute Gasteiger partial charge is 0.479 e. The van der Waals surface area contributed by atoms with E-state index in [0.717, 1.165) is 0 Å². The van der Waals surface area contributed by atoms with Gasteiger partial charge in [-0.1, -0.05) is 0 Å². The summed E-state index contributed by atoms with van der Waals surface area (Å²) in [6.07, 6.45) is -4.53. The lowest BCUT2D eigenvalue weighted by Crippen LogP contribution is -2.50. The Morgan fingerprint density at radius 2 is 1.11 bits per heavy atom. The van der Waals surface area contributed by atoms with Crippen molar-refractivity contribution in [3.05, 3.63) is 0 Å². The number of carbonyl (C=O) groups is 2. The summed E-state index contributed by atoms with van der Waals surface area (Å²) in [5.74, 6) is -3.54. The maximum atomic E-state index is 9.77. The molecule has 10 heteroatoms. The van der Waals surface area contributed by atoms with Crippen LogP contribution in [0.5, 0.6) is 0 Å². The molecule has 18 heavy (non-hydrogen) atoms. The summed E-state index contributed by atoms with van der Waals surface area (Å²) in [5, 5.41) is 57.5. The Hall–Kier alpha value is -1.30. The maximum Gasteiger partial charge on any atom is 0.335 e. The minimum Gasteiger partial charge on any atom is -0.479 e. The van der Waals surface area contributed by atoms with Crippen molar-refractivity contribution < 1.29 is 45.3 Å². The quantitative estimate of drug-likeness (QED) is 0.233. The lowest BCUT2D eigenvalue weighted by molar-refractivity contribution is -0.165. The van der Waals surface area contributed by atoms with Crippen LogP contribution < -0.4 is 5.73 Å². The second-order valence-electron chi connectivity index (χ2n) is 3.40. The Morgan fingerprint density at radius 1 is 0.889 bits per heavy atom. The molecule has 0 aliphatic heterocycles. The van der Waals surface area contributed by atoms with Gasteiger partial charge in [-0.3, -0.25) is 0 Å². The molecule has 0 radical (unpaired) electrons. The van der Waals surface area contributed by atoms with Gasteiger partial charge in [-0.05, 0) is 0 Å². The number of hydrogen-bond acceptors (Lipinski definition) is 8. The first kappa shape index (κ1) is 19.0. The second-order valence-corrected chi connectivity index (χ2v) is 3.40. The molecular formula is C8H17NO9. The fraction of sp³-hybridized carbons (Fsp3) is 0.750. The predicted molar refractivity (Wildman–Crippen MR) is 55.5 cm³/mol. The molecule has 0 amide bonds. The number of aliphatic hydroxyl groups excluding tert-OH is 5. The third-order valence-electron chi connectivity index (χ3n) is 1.75. The smallest absolute Gasteiger partial charge is 0.335 e. The van der Waals surface area contributed by atoms with Crippen molar-refractivity contribution in [1.82, 2.24) is 0 Å². The number of nitrogens with two attached hydrogens (primary N) is 1. The molecule has 0 rings (SSSR count). The van der Waals surface area contributed by atoms with Crippen molar-refractivity contribution in [2.45, 2.75) is 17.7 Å². The summed E-state index contributed by atoms with van der Waals surface area (Å²) >= 11 is 0. The van der Waals surface area contributed by atoms with Gasteiger partial charge in [-0.25, -0.2) is 9.59 Å². The van der Waals surface area contributed by atoms with Crippen LogP contribution in [0.3, 0.4) is 0 Å². The molecule has 0 aliphatic rings. The van der Waals surface area contributed by atoms with Gasteiger partial charge in [-0.2, -0.15) is 0 Å². The Morgan fingerprint density at radius 3 is 1.17 bits per heavy atom. The molecule has 0 spiro atoms. The summed E-state index contributed by atoms with van der Waals surface area (Å²) in [6.45, 7) is -1.21. The molecule has 0 bridgehead atoms. The Kier molecular flexibility index (Phi) is 9.25. The Bertz CT molecular complexity index is 239. The highest BCUT2D eigenvalue weighted by atomic mass is 16.4. The van der Waals surface area contributed by atoms with Crippen molar-refractivity contribution in [2.24, 2.45) is 5.73 Å². The number of carboxylic acids is 2. The minimum atomic E-state index is -2.27. The summed E-state index contributed by atoms with van der Waals surface area (Å²) in [7, 11) is 0. The van der Waals surface area contributed by atoms with Crippen LogP contribution in [0.4, 0.5) is 0 Å². The standard InChI is InChI=1S/C4H11NO3.C4H6O6/c5-4(1-6,2-7)3-8;5-1(3(7)8)2(6)4(9)10/h6-8H,1-3,5H2;1-2,5-6H,(H,7,8)(H,9,10). The summed E-state index contributed by atoms with van der Waals surface area (Å²) in [4.78, 5) is 19.5. The molecule has 9 N–H and O–H groups in total. The number of rotatable bonds is 6. The van der Waals surface area contributed by atoms with Crippen LogP contribution >= 0.6 is 0 Å². The third kappa shape index (κ3) is 7.11. The van der Waals surface area contributed by atoms with Crippen molar-refractivity contribution >= 4 is 11.9 Å². The molecule has 10 nitrogen and oxygen atoms in total. The zero-order valence-corrected chi connectivity index (χ0v) is 9.30. The van der Waals surface area contributed by atoms with Gasteiger partial charge in [0.25, 0.3) is 0 Å². The Labute approximate surface area is 102 Å². The van der Waals surface area contributed by atoms with Gasteiger partial charge in [0, 0.05) is 0 Å². The van der Waals surface area contributed by atoms with E-state index in [9.17, 15) is 9.59 Å². The molecule has 2 atom stereocenters. The molecule has 0 aliphatic carbocycles. The van der Waals surface area contributed by atoms with Crippen LogP contribution in [0.25, 0.3) is 0 Å². The van der Waals surface area contributed by atoms with Gasteiger partial charge in [-0.15, -0.1) is 0 Å². The molecule has 0 fully saturated rings. The van der Waals surface area contributed by atoms with Crippen molar-refractivity contribution in [3.8, 4) is 0 Å². The first-order valence-corrected chi connectivity index (χ1v) is 4.58. The maximum absolute atomic E-state index is 9.77. The van der Waals surface area contributed by atoms with Crippen LogP contribution in [0.1, 0.15) is 0 Å². The van der Waals surface area contributed by atoms with E-state index in [0.29, 0.717) is 0 Å². The van der Waals surface area contributed by atoms with Crippen LogP contribution in [0.15, 0.2) is 0 Å². The Balaban J connectivity index is 0. The average molecular weight is 271 g/mol. The average Bonchev–Trinajstić information content (AvgIpc) is 2.36. The van der Waals surface area contributed by atoms with E-state index in [2.05, 4.69) is 0 Å². The fourth-order valence-corrected chi connectivity index (χ4v) is 0.420. The molecule has 0 aromatic heterocycles. The summed E-state index contributed by atoms with van der Waals surface area (Å²) < 4.78 is 0. The highest BCUT2D eigenvalue weighted by Crippen LogP contribution is 1.93. The van der Waals surface area contributed by atoms with E-state index in [1.54, 1.807) is 0 Å². The lowest BCUT2D eigenvalue weighted by atomic mass is 10.1. The summed E-state index contributed by atoms with van der Waals surface area (Å²) in [6, 6.07) is 0. The molecule has 108 valence electrons. The van der Waals surface area contributed by atoms with E-state index < -0.39 is 49.5 Å². The van der Waals surface area contributed by atoms with Crippen LogP contribution in [0, 0.1) is 0 Å². The van der Waals surface area contributed by atoms with E-state index in [1.807, 2.05) is 0 Å². The van der Waals surface area contributed by atoms with Crippen LogP contribution in [0.2, 0.25) is 0 Å². The number of carboxylic acid groups (broad SMARTS) is 2. The topological polar surface area (TPSA) is 202 Å². The first-order valence-electron chi connectivity index (χ1n) is 4.58. The fourth-order valence-electron chi connectivity index (χ4n) is 0.420. The van der Waals surface area contributed by atoms with Gasteiger partial charge in [0.1, 0.15) is 0 Å². The normalized spacial score (nSPS) is 14.1. The van der Waals surface area contributed by atoms with E-state index in [1.165, 1.54) is 0 Å². The number of hydrogen-bond donors (Lipinski definition) is 8. The predicted octanol–water partition coefficient (Wildman–Crippen LogP) is -4.46. The van der Waals surface area contributed by atoms with Crippen molar-refractivity contribution in [3.63, 3.8) is 0 Å². The molecule has 0 aromatic carbocycles. The van der Waals surface area contributed by atoms with E-state index in [4.69, 9.17) is 41.5 Å². The molecule has 0 heterocycles. The zero-order chi connectivity index (χ0) is 14.9. The van der Waals surface area contributed by atoms with E-state index in [-0.39, 0.29) is 0 Å². The number of aliphatic carboxylic acids is 2. The van der Waals surface area contributed by atoms with Gasteiger partial charge in [0.2, 0.25) is 0 Å². The number of aliphatic hydroxyl groups is 5. The van der Waals surface area contributed by atoms with Crippen molar-refractivity contribution in [2.75, 3.05) is 19.8 Å². The third-order valence-corrected chi connectivity index (χ3v) is 1.75. The van der Waals surface area contributed by atoms with Crippen LogP contribution in [-0.2, 0) is 9.59 Å². The van der Waals surface area contributed by atoms with Gasteiger partial charge < -0.3 is 41.5 Å². The van der Waals surface area contributed by atoms with Crippen molar-refractivity contribution in [1.29, 1.82) is 0 Å². The highest BCUT2D eigenvalue weighted by Gasteiger charge is 2.29. The van der Waals surface area contributed by atoms with Gasteiger partial charge >= 0.3 is 11.9 Å². The van der Waals surface area contributed by atoms with Gasteiger partial charge in [0.15, 0.2) is 12.2 Å².